The lowest BCUT2D eigenvalue weighted by molar-refractivity contribution is 0.0593. The van der Waals surface area contributed by atoms with Gasteiger partial charge in [0.15, 0.2) is 5.15 Å². The summed E-state index contributed by atoms with van der Waals surface area (Å²) in [5.41, 5.74) is 0.0627. The quantitative estimate of drug-likeness (QED) is 0.226. The molecule has 2 N–H and O–H groups in total. The molecule has 1 fully saturated rings. The van der Waals surface area contributed by atoms with Gasteiger partial charge in [-0.1, -0.05) is 49.7 Å². The molecule has 1 atom stereocenters. The highest BCUT2D eigenvalue weighted by molar-refractivity contribution is 6.34. The summed E-state index contributed by atoms with van der Waals surface area (Å²) in [5.74, 6) is 0.988. The van der Waals surface area contributed by atoms with Crippen LogP contribution in [0.1, 0.15) is 50.9 Å². The predicted octanol–water partition coefficient (Wildman–Crippen LogP) is 5.54. The molecule has 0 aliphatic heterocycles. The normalized spacial score (nSPS) is 15.3. The third-order valence-corrected chi connectivity index (χ3v) is 7.82. The minimum absolute atomic E-state index is 0.00529. The van der Waals surface area contributed by atoms with Crippen LogP contribution in [0.25, 0.3) is 21.7 Å². The van der Waals surface area contributed by atoms with E-state index in [0.29, 0.717) is 64.0 Å². The number of hydrogen-bond acceptors (Lipinski definition) is 8. The van der Waals surface area contributed by atoms with Crippen LogP contribution in [0.5, 0.6) is 0 Å². The number of nitrogens with one attached hydrogen (secondary N) is 2. The number of pyridine rings is 2. The maximum absolute atomic E-state index is 13.9. The Balaban J connectivity index is 1.48. The van der Waals surface area contributed by atoms with Gasteiger partial charge in [0.25, 0.3) is 12.0 Å². The lowest BCUT2D eigenvalue weighted by atomic mass is 9.97. The lowest BCUT2D eigenvalue weighted by Gasteiger charge is -2.21. The zero-order chi connectivity index (χ0) is 29.8. The van der Waals surface area contributed by atoms with Gasteiger partial charge in [-0.2, -0.15) is 0 Å². The Morgan fingerprint density at radius 3 is 2.62 bits per heavy atom. The smallest absolute Gasteiger partial charge is 0.263 e. The van der Waals surface area contributed by atoms with E-state index in [2.05, 4.69) is 56.7 Å². The first kappa shape index (κ1) is 28.0. The van der Waals surface area contributed by atoms with Crippen molar-refractivity contribution in [2.24, 2.45) is 12.5 Å². The minimum atomic E-state index is -2.57. The van der Waals surface area contributed by atoms with Gasteiger partial charge in [0, 0.05) is 30.6 Å². The van der Waals surface area contributed by atoms with Crippen molar-refractivity contribution in [2.45, 2.75) is 51.6 Å². The molecular formula is C29H30ClF2N9O. The monoisotopic (exact) mass is 593 g/mol. The van der Waals surface area contributed by atoms with Gasteiger partial charge in [0.05, 0.1) is 12.2 Å². The van der Waals surface area contributed by atoms with Gasteiger partial charge in [-0.3, -0.25) is 4.79 Å². The van der Waals surface area contributed by atoms with E-state index in [-0.39, 0.29) is 16.1 Å². The summed E-state index contributed by atoms with van der Waals surface area (Å²) in [5, 5.41) is 17.2. The van der Waals surface area contributed by atoms with Gasteiger partial charge < -0.3 is 15.2 Å². The van der Waals surface area contributed by atoms with Gasteiger partial charge in [-0.05, 0) is 47.4 Å². The van der Waals surface area contributed by atoms with Crippen LogP contribution in [0, 0.1) is 5.41 Å². The number of nitrogens with zero attached hydrogens (tertiary/aromatic N) is 7. The standard InChI is InChI=1S/C29H30ClF2N9O/c1-28(2,3)14-33-25-19-12-21(37-24(30)23(19)34-15-35-25)36-22(20-13-41(39-38-20)29(9-10-29)27(31)32)17-6-5-7-18-16(17)8-11-40(4)26(18)42/h5-8,11-13,15,22,27H,9-10,14H2,1-4H3,(H,36,37)(H,33,34,35)/t22-/m0/s1. The van der Waals surface area contributed by atoms with Crippen LogP contribution in [0.2, 0.25) is 5.15 Å². The second-order valence-electron chi connectivity index (χ2n) is 11.9. The molecule has 0 radical (unpaired) electrons. The molecule has 1 aliphatic rings. The molecule has 10 nitrogen and oxygen atoms in total. The Morgan fingerprint density at radius 1 is 1.12 bits per heavy atom. The first-order valence-corrected chi connectivity index (χ1v) is 14.0. The van der Waals surface area contributed by atoms with Crippen LogP contribution in [0.15, 0.2) is 53.8 Å². The van der Waals surface area contributed by atoms with Gasteiger partial charge in [0.1, 0.15) is 34.7 Å². The van der Waals surface area contributed by atoms with Gasteiger partial charge in [-0.15, -0.1) is 5.10 Å². The van der Waals surface area contributed by atoms with Crippen molar-refractivity contribution in [3.63, 3.8) is 0 Å². The van der Waals surface area contributed by atoms with Crippen molar-refractivity contribution in [3.8, 4) is 0 Å². The number of aryl methyl sites for hydroxylation is 1. The van der Waals surface area contributed by atoms with Crippen molar-refractivity contribution >= 4 is 44.9 Å². The van der Waals surface area contributed by atoms with Crippen LogP contribution in [0.4, 0.5) is 20.4 Å². The predicted molar refractivity (Wildman–Crippen MR) is 158 cm³/mol. The Kier molecular flexibility index (Phi) is 6.83. The van der Waals surface area contributed by atoms with Crippen molar-refractivity contribution in [1.29, 1.82) is 0 Å². The fraction of sp³-hybridized carbons (Fsp3) is 0.379. The van der Waals surface area contributed by atoms with E-state index in [1.54, 1.807) is 37.6 Å². The molecular weight excluding hydrogens is 564 g/mol. The Bertz CT molecular complexity index is 1860. The maximum Gasteiger partial charge on any atom is 0.263 e. The number of aromatic nitrogens is 7. The van der Waals surface area contributed by atoms with Gasteiger partial charge in [-0.25, -0.2) is 28.4 Å². The third kappa shape index (κ3) is 5.04. The molecule has 1 saturated carbocycles. The second kappa shape index (κ2) is 10.3. The lowest BCUT2D eigenvalue weighted by Crippen LogP contribution is -2.26. The summed E-state index contributed by atoms with van der Waals surface area (Å²) in [7, 11) is 1.68. The van der Waals surface area contributed by atoms with Crippen molar-refractivity contribution in [3.05, 3.63) is 75.8 Å². The SMILES string of the molecule is Cn1ccc2c([C@H](Nc3cc4c(NCC(C)(C)C)ncnc4c(Cl)n3)c3cn(C4(C(F)F)CC4)nn3)cccc2c1=O. The van der Waals surface area contributed by atoms with Crippen molar-refractivity contribution in [1.82, 2.24) is 34.5 Å². The highest BCUT2D eigenvalue weighted by atomic mass is 35.5. The molecule has 0 spiro atoms. The summed E-state index contributed by atoms with van der Waals surface area (Å²) in [6, 6.07) is 8.31. The first-order chi connectivity index (χ1) is 20.0. The fourth-order valence-electron chi connectivity index (χ4n) is 5.00. The number of fused-ring (bicyclic) bond motifs is 2. The van der Waals surface area contributed by atoms with E-state index in [4.69, 9.17) is 11.6 Å². The zero-order valence-corrected chi connectivity index (χ0v) is 24.3. The van der Waals surface area contributed by atoms with E-state index < -0.39 is 18.0 Å². The molecule has 6 rings (SSSR count). The van der Waals surface area contributed by atoms with E-state index in [1.165, 1.54) is 15.6 Å². The van der Waals surface area contributed by atoms with Crippen molar-refractivity contribution < 1.29 is 8.78 Å². The Morgan fingerprint density at radius 2 is 1.90 bits per heavy atom. The Labute approximate surface area is 245 Å². The molecule has 0 bridgehead atoms. The van der Waals surface area contributed by atoms with Crippen LogP contribution in [-0.4, -0.2) is 47.5 Å². The molecule has 13 heteroatoms. The molecule has 0 unspecified atom stereocenters. The number of halogens is 3. The summed E-state index contributed by atoms with van der Waals surface area (Å²) in [4.78, 5) is 26.3. The molecule has 1 aromatic carbocycles. The third-order valence-electron chi connectivity index (χ3n) is 7.56. The average Bonchev–Trinajstić information content (AvgIpc) is 3.62. The molecule has 0 amide bonds. The van der Waals surface area contributed by atoms with Crippen molar-refractivity contribution in [2.75, 3.05) is 17.2 Å². The summed E-state index contributed by atoms with van der Waals surface area (Å²) >= 11 is 6.61. The van der Waals surface area contributed by atoms with Crippen LogP contribution >= 0.6 is 11.6 Å². The Hall–Kier alpha value is -4.19. The van der Waals surface area contributed by atoms with Gasteiger partial charge >= 0.3 is 0 Å². The summed E-state index contributed by atoms with van der Waals surface area (Å²) in [6.45, 7) is 6.99. The number of rotatable bonds is 8. The highest BCUT2D eigenvalue weighted by Crippen LogP contribution is 2.48. The molecule has 5 aromatic rings. The molecule has 42 heavy (non-hydrogen) atoms. The van der Waals surface area contributed by atoms with Crippen LogP contribution < -0.4 is 16.2 Å². The summed E-state index contributed by atoms with van der Waals surface area (Å²) in [6.07, 6.45) is 2.73. The largest absolute Gasteiger partial charge is 0.369 e. The molecule has 0 saturated heterocycles. The minimum Gasteiger partial charge on any atom is -0.369 e. The fourth-order valence-corrected chi connectivity index (χ4v) is 5.24. The van der Waals surface area contributed by atoms with Gasteiger partial charge in [0.2, 0.25) is 0 Å². The zero-order valence-electron chi connectivity index (χ0n) is 23.6. The molecule has 4 heterocycles. The highest BCUT2D eigenvalue weighted by Gasteiger charge is 2.54. The molecule has 4 aromatic heterocycles. The number of alkyl halides is 2. The maximum atomic E-state index is 13.9. The van der Waals surface area contributed by atoms with E-state index in [0.717, 1.165) is 0 Å². The van der Waals surface area contributed by atoms with E-state index in [9.17, 15) is 13.6 Å². The van der Waals surface area contributed by atoms with Crippen LogP contribution in [-0.2, 0) is 12.6 Å². The van der Waals surface area contributed by atoms with Crippen LogP contribution in [0.3, 0.4) is 0 Å². The molecule has 1 aliphatic carbocycles. The topological polar surface area (TPSA) is 115 Å². The summed E-state index contributed by atoms with van der Waals surface area (Å²) < 4.78 is 30.6. The average molecular weight is 594 g/mol. The number of benzene rings is 1. The number of anilines is 2. The second-order valence-corrected chi connectivity index (χ2v) is 12.3. The van der Waals surface area contributed by atoms with E-state index >= 15 is 0 Å². The first-order valence-electron chi connectivity index (χ1n) is 13.6. The molecule has 218 valence electrons. The van der Waals surface area contributed by atoms with E-state index in [1.807, 2.05) is 12.1 Å². The number of hydrogen-bond donors (Lipinski definition) is 2.